The Bertz CT molecular complexity index is 826. The number of nitrogens with two attached hydrogens (primary N) is 1. The average molecular weight is 434 g/mol. The first-order valence-corrected chi connectivity index (χ1v) is 9.09. The number of benzene rings is 2. The van der Waals surface area contributed by atoms with Gasteiger partial charge in [0.1, 0.15) is 5.75 Å². The lowest BCUT2D eigenvalue weighted by atomic mass is 10.1. The molecule has 0 fully saturated rings. The first-order chi connectivity index (χ1) is 13.0. The van der Waals surface area contributed by atoms with Crippen LogP contribution >= 0.6 is 15.9 Å². The number of nitrogens with one attached hydrogen (secondary N) is 2. The van der Waals surface area contributed by atoms with E-state index in [2.05, 4.69) is 26.6 Å². The summed E-state index contributed by atoms with van der Waals surface area (Å²) >= 11 is 3.35. The molecule has 0 radical (unpaired) electrons. The van der Waals surface area contributed by atoms with E-state index in [1.54, 1.807) is 30.3 Å². The van der Waals surface area contributed by atoms with Crippen molar-refractivity contribution in [3.8, 4) is 5.75 Å². The van der Waals surface area contributed by atoms with E-state index in [0.717, 1.165) is 4.47 Å². The Morgan fingerprint density at radius 2 is 1.81 bits per heavy atom. The quantitative estimate of drug-likeness (QED) is 0.563. The Balaban J connectivity index is 1.87. The second-order valence-electron chi connectivity index (χ2n) is 5.62. The third kappa shape index (κ3) is 7.10. The van der Waals surface area contributed by atoms with Crippen LogP contribution in [-0.2, 0) is 9.59 Å². The van der Waals surface area contributed by atoms with Crippen LogP contribution in [0.5, 0.6) is 5.75 Å². The van der Waals surface area contributed by atoms with Crippen molar-refractivity contribution in [3.05, 3.63) is 58.6 Å². The molecule has 0 aliphatic rings. The van der Waals surface area contributed by atoms with Crippen molar-refractivity contribution in [2.24, 2.45) is 5.73 Å². The number of para-hydroxylation sites is 1. The molecule has 0 bridgehead atoms. The Hall–Kier alpha value is -2.87. The van der Waals surface area contributed by atoms with Crippen molar-refractivity contribution in [1.82, 2.24) is 5.32 Å². The molecule has 0 aliphatic heterocycles. The Kier molecular flexibility index (Phi) is 7.81. The van der Waals surface area contributed by atoms with E-state index in [9.17, 15) is 14.4 Å². The Morgan fingerprint density at radius 3 is 2.56 bits per heavy atom. The lowest BCUT2D eigenvalue weighted by Crippen LogP contribution is -2.29. The zero-order valence-electron chi connectivity index (χ0n) is 14.5. The van der Waals surface area contributed by atoms with Gasteiger partial charge in [0, 0.05) is 17.4 Å². The van der Waals surface area contributed by atoms with Gasteiger partial charge in [-0.3, -0.25) is 14.4 Å². The number of anilines is 1. The molecule has 2 rings (SSSR count). The van der Waals surface area contributed by atoms with E-state index in [0.29, 0.717) is 17.0 Å². The second-order valence-corrected chi connectivity index (χ2v) is 6.54. The van der Waals surface area contributed by atoms with Gasteiger partial charge < -0.3 is 21.1 Å². The summed E-state index contributed by atoms with van der Waals surface area (Å²) in [6.45, 7) is 0.339. The van der Waals surface area contributed by atoms with E-state index in [4.69, 9.17) is 10.5 Å². The summed E-state index contributed by atoms with van der Waals surface area (Å²) in [5, 5.41) is 5.30. The van der Waals surface area contributed by atoms with Crippen LogP contribution < -0.4 is 21.1 Å². The average Bonchev–Trinajstić information content (AvgIpc) is 2.62. The van der Waals surface area contributed by atoms with Gasteiger partial charge in [0.05, 0.1) is 24.3 Å². The molecule has 8 heteroatoms. The number of hydrogen-bond donors (Lipinski definition) is 3. The standard InChI is InChI=1S/C19H20BrN3O4/c20-13-4-3-5-14(12-13)27-11-9-18(25)23-16-7-2-1-6-15(16)19(26)22-10-8-17(21)24/h1-7,12H,8-11H2,(H2,21,24)(H,22,26)(H,23,25). The summed E-state index contributed by atoms with van der Waals surface area (Å²) in [5.74, 6) is -0.506. The molecule has 0 saturated heterocycles. The molecular formula is C19H20BrN3O4. The van der Waals surface area contributed by atoms with Gasteiger partial charge in [0.25, 0.3) is 5.91 Å². The number of carbonyl (C=O) groups is 3. The van der Waals surface area contributed by atoms with E-state index in [1.165, 1.54) is 0 Å². The van der Waals surface area contributed by atoms with Crippen LogP contribution in [0.4, 0.5) is 5.69 Å². The first-order valence-electron chi connectivity index (χ1n) is 8.29. The molecule has 2 aromatic rings. The molecule has 142 valence electrons. The summed E-state index contributed by atoms with van der Waals surface area (Å²) < 4.78 is 6.42. The molecule has 7 nitrogen and oxygen atoms in total. The number of hydrogen-bond acceptors (Lipinski definition) is 4. The van der Waals surface area contributed by atoms with Crippen LogP contribution in [0.2, 0.25) is 0 Å². The highest BCUT2D eigenvalue weighted by Crippen LogP contribution is 2.18. The van der Waals surface area contributed by atoms with Crippen molar-refractivity contribution in [1.29, 1.82) is 0 Å². The fourth-order valence-corrected chi connectivity index (χ4v) is 2.59. The van der Waals surface area contributed by atoms with Gasteiger partial charge >= 0.3 is 0 Å². The molecule has 27 heavy (non-hydrogen) atoms. The summed E-state index contributed by atoms with van der Waals surface area (Å²) in [6, 6.07) is 14.0. The maximum absolute atomic E-state index is 12.2. The molecule has 0 aliphatic carbocycles. The summed E-state index contributed by atoms with van der Waals surface area (Å²) in [5.41, 5.74) is 5.75. The number of rotatable bonds is 9. The van der Waals surface area contributed by atoms with Gasteiger partial charge in [0.2, 0.25) is 11.8 Å². The number of halogens is 1. The predicted molar refractivity (Wildman–Crippen MR) is 105 cm³/mol. The maximum Gasteiger partial charge on any atom is 0.253 e. The number of amides is 3. The SMILES string of the molecule is NC(=O)CCNC(=O)c1ccccc1NC(=O)CCOc1cccc(Br)c1. The lowest BCUT2D eigenvalue weighted by molar-refractivity contribution is -0.118. The van der Waals surface area contributed by atoms with E-state index >= 15 is 0 Å². The van der Waals surface area contributed by atoms with Crippen LogP contribution in [-0.4, -0.2) is 30.9 Å². The zero-order valence-corrected chi connectivity index (χ0v) is 16.1. The number of primary amides is 1. The predicted octanol–water partition coefficient (Wildman–Crippen LogP) is 2.46. The minimum atomic E-state index is -0.498. The molecule has 0 heterocycles. The third-order valence-corrected chi connectivity index (χ3v) is 3.99. The molecule has 2 aromatic carbocycles. The van der Waals surface area contributed by atoms with Crippen LogP contribution in [0, 0.1) is 0 Å². The van der Waals surface area contributed by atoms with Gasteiger partial charge in [0.15, 0.2) is 0 Å². The first kappa shape index (κ1) is 20.4. The smallest absolute Gasteiger partial charge is 0.253 e. The summed E-state index contributed by atoms with van der Waals surface area (Å²) in [4.78, 5) is 35.1. The fraction of sp³-hybridized carbons (Fsp3) is 0.211. The van der Waals surface area contributed by atoms with Gasteiger partial charge in [-0.05, 0) is 30.3 Å². The topological polar surface area (TPSA) is 111 Å². The minimum absolute atomic E-state index is 0.0488. The maximum atomic E-state index is 12.2. The summed E-state index contributed by atoms with van der Waals surface area (Å²) in [7, 11) is 0. The third-order valence-electron chi connectivity index (χ3n) is 3.50. The monoisotopic (exact) mass is 433 g/mol. The molecular weight excluding hydrogens is 414 g/mol. The zero-order chi connectivity index (χ0) is 19.6. The number of carbonyl (C=O) groups excluding carboxylic acids is 3. The van der Waals surface area contributed by atoms with Crippen molar-refractivity contribution in [2.45, 2.75) is 12.8 Å². The van der Waals surface area contributed by atoms with Crippen molar-refractivity contribution in [3.63, 3.8) is 0 Å². The Labute approximate surface area is 165 Å². The molecule has 3 amide bonds. The largest absolute Gasteiger partial charge is 0.493 e. The second kappa shape index (κ2) is 10.3. The van der Waals surface area contributed by atoms with Gasteiger partial charge in [-0.15, -0.1) is 0 Å². The van der Waals surface area contributed by atoms with Gasteiger partial charge in [-0.25, -0.2) is 0 Å². The highest BCUT2D eigenvalue weighted by atomic mass is 79.9. The minimum Gasteiger partial charge on any atom is -0.493 e. The summed E-state index contributed by atoms with van der Waals surface area (Å²) in [6.07, 6.45) is 0.178. The van der Waals surface area contributed by atoms with Gasteiger partial charge in [-0.1, -0.05) is 34.1 Å². The highest BCUT2D eigenvalue weighted by molar-refractivity contribution is 9.10. The van der Waals surface area contributed by atoms with Crippen LogP contribution in [0.1, 0.15) is 23.2 Å². The van der Waals surface area contributed by atoms with Crippen LogP contribution in [0.3, 0.4) is 0 Å². The highest BCUT2D eigenvalue weighted by Gasteiger charge is 2.13. The number of ether oxygens (including phenoxy) is 1. The molecule has 0 saturated carbocycles. The molecule has 0 spiro atoms. The van der Waals surface area contributed by atoms with Crippen LogP contribution in [0.25, 0.3) is 0 Å². The molecule has 4 N–H and O–H groups in total. The van der Waals surface area contributed by atoms with Crippen molar-refractivity contribution < 1.29 is 19.1 Å². The Morgan fingerprint density at radius 1 is 1.04 bits per heavy atom. The fourth-order valence-electron chi connectivity index (χ4n) is 2.22. The normalized spacial score (nSPS) is 10.1. The van der Waals surface area contributed by atoms with E-state index < -0.39 is 11.8 Å². The van der Waals surface area contributed by atoms with Crippen molar-refractivity contribution in [2.75, 3.05) is 18.5 Å². The molecule has 0 atom stereocenters. The van der Waals surface area contributed by atoms with E-state index in [-0.39, 0.29) is 31.9 Å². The van der Waals surface area contributed by atoms with Crippen LogP contribution in [0.15, 0.2) is 53.0 Å². The van der Waals surface area contributed by atoms with Crippen molar-refractivity contribution >= 4 is 39.3 Å². The molecule has 0 aromatic heterocycles. The lowest BCUT2D eigenvalue weighted by Gasteiger charge is -2.11. The van der Waals surface area contributed by atoms with Gasteiger partial charge in [-0.2, -0.15) is 0 Å². The molecule has 0 unspecified atom stereocenters. The van der Waals surface area contributed by atoms with E-state index in [1.807, 2.05) is 18.2 Å².